The second-order valence-electron chi connectivity index (χ2n) is 8.50. The van der Waals surface area contributed by atoms with Gasteiger partial charge in [-0.25, -0.2) is 0 Å². The first-order valence-electron chi connectivity index (χ1n) is 9.35. The zero-order chi connectivity index (χ0) is 21.7. The van der Waals surface area contributed by atoms with Crippen LogP contribution in [0.1, 0.15) is 64.2 Å². The standard InChI is InChI=1S/C19H25N5O4S/c1-9-14(24(27)28)15(23(5)22-9)17(26)21-18-13(16(20)25)11-7-6-10(19(2,3)4)8-12(11)29-18/h10H,6-8H2,1-5H3,(H2,20,25)(H,21,26)/t10-/m0/s1. The number of nitrogens with zero attached hydrogens (tertiary/aromatic N) is 3. The fourth-order valence-electron chi connectivity index (χ4n) is 3.96. The van der Waals surface area contributed by atoms with Crippen LogP contribution in [-0.4, -0.2) is 26.5 Å². The predicted molar refractivity (Wildman–Crippen MR) is 110 cm³/mol. The summed E-state index contributed by atoms with van der Waals surface area (Å²) in [4.78, 5) is 36.8. The van der Waals surface area contributed by atoms with Crippen LogP contribution in [0.4, 0.5) is 10.7 Å². The molecule has 0 bridgehead atoms. The minimum absolute atomic E-state index is 0.130. The third-order valence-corrected chi connectivity index (χ3v) is 6.72. The number of primary amides is 1. The van der Waals surface area contributed by atoms with Crippen molar-refractivity contribution in [3.8, 4) is 0 Å². The Morgan fingerprint density at radius 3 is 2.59 bits per heavy atom. The summed E-state index contributed by atoms with van der Waals surface area (Å²) in [5.41, 5.74) is 6.58. The Balaban J connectivity index is 1.99. The number of fused-ring (bicyclic) bond motifs is 1. The average molecular weight is 420 g/mol. The molecule has 0 saturated carbocycles. The number of thiophene rings is 1. The zero-order valence-corrected chi connectivity index (χ0v) is 18.0. The number of aromatic nitrogens is 2. The molecule has 0 unspecified atom stereocenters. The van der Waals surface area contributed by atoms with Gasteiger partial charge in [0.05, 0.1) is 10.5 Å². The summed E-state index contributed by atoms with van der Waals surface area (Å²) in [6.07, 6.45) is 2.46. The number of carbonyl (C=O) groups excluding carboxylic acids is 2. The van der Waals surface area contributed by atoms with Gasteiger partial charge in [0.1, 0.15) is 10.7 Å². The van der Waals surface area contributed by atoms with E-state index >= 15 is 0 Å². The van der Waals surface area contributed by atoms with Crippen LogP contribution in [0.2, 0.25) is 0 Å². The second kappa shape index (κ2) is 7.25. The molecule has 1 aliphatic carbocycles. The molecule has 0 fully saturated rings. The zero-order valence-electron chi connectivity index (χ0n) is 17.2. The predicted octanol–water partition coefficient (Wildman–Crippen LogP) is 3.20. The van der Waals surface area contributed by atoms with E-state index in [1.807, 2.05) is 0 Å². The molecule has 0 aromatic carbocycles. The quantitative estimate of drug-likeness (QED) is 0.580. The van der Waals surface area contributed by atoms with Crippen molar-refractivity contribution in [2.45, 2.75) is 47.0 Å². The van der Waals surface area contributed by atoms with E-state index in [4.69, 9.17) is 5.73 Å². The highest BCUT2D eigenvalue weighted by atomic mass is 32.1. The number of hydrogen-bond acceptors (Lipinski definition) is 6. The van der Waals surface area contributed by atoms with Crippen molar-refractivity contribution in [2.24, 2.45) is 24.1 Å². The van der Waals surface area contributed by atoms with E-state index in [0.717, 1.165) is 23.3 Å². The summed E-state index contributed by atoms with van der Waals surface area (Å²) >= 11 is 1.33. The molecule has 2 amide bonds. The molecule has 0 aliphatic heterocycles. The van der Waals surface area contributed by atoms with E-state index in [-0.39, 0.29) is 22.5 Å². The van der Waals surface area contributed by atoms with Crippen LogP contribution in [0.5, 0.6) is 0 Å². The van der Waals surface area contributed by atoms with Crippen molar-refractivity contribution in [2.75, 3.05) is 5.32 Å². The van der Waals surface area contributed by atoms with Gasteiger partial charge in [-0.3, -0.25) is 24.4 Å². The second-order valence-corrected chi connectivity index (χ2v) is 9.60. The summed E-state index contributed by atoms with van der Waals surface area (Å²) in [6, 6.07) is 0. The van der Waals surface area contributed by atoms with E-state index in [2.05, 4.69) is 31.2 Å². The number of carbonyl (C=O) groups is 2. The average Bonchev–Trinajstić information content (AvgIpc) is 3.09. The lowest BCUT2D eigenvalue weighted by atomic mass is 9.72. The van der Waals surface area contributed by atoms with Gasteiger partial charge in [0.2, 0.25) is 5.69 Å². The number of aryl methyl sites for hydroxylation is 2. The highest BCUT2D eigenvalue weighted by Gasteiger charge is 2.35. The molecular weight excluding hydrogens is 394 g/mol. The largest absolute Gasteiger partial charge is 0.365 e. The lowest BCUT2D eigenvalue weighted by molar-refractivity contribution is -0.385. The Labute approximate surface area is 172 Å². The van der Waals surface area contributed by atoms with E-state index in [1.165, 1.54) is 30.0 Å². The Morgan fingerprint density at radius 2 is 2.03 bits per heavy atom. The molecule has 3 rings (SSSR count). The fraction of sp³-hybridized carbons (Fsp3) is 0.526. The van der Waals surface area contributed by atoms with Gasteiger partial charge in [0.25, 0.3) is 11.8 Å². The molecule has 2 aromatic rings. The summed E-state index contributed by atoms with van der Waals surface area (Å²) in [7, 11) is 1.47. The third kappa shape index (κ3) is 3.76. The maximum Gasteiger partial charge on any atom is 0.322 e. The molecule has 10 heteroatoms. The molecule has 156 valence electrons. The summed E-state index contributed by atoms with van der Waals surface area (Å²) < 4.78 is 1.18. The van der Waals surface area contributed by atoms with Gasteiger partial charge < -0.3 is 11.1 Å². The molecule has 0 saturated heterocycles. The Kier molecular flexibility index (Phi) is 5.24. The molecule has 1 aliphatic rings. The van der Waals surface area contributed by atoms with Crippen LogP contribution in [0.15, 0.2) is 0 Å². The smallest absolute Gasteiger partial charge is 0.322 e. The molecule has 1 atom stereocenters. The van der Waals surface area contributed by atoms with Crippen molar-refractivity contribution in [1.29, 1.82) is 0 Å². The van der Waals surface area contributed by atoms with Crippen molar-refractivity contribution >= 4 is 33.8 Å². The van der Waals surface area contributed by atoms with Gasteiger partial charge in [0.15, 0.2) is 0 Å². The third-order valence-electron chi connectivity index (χ3n) is 5.55. The molecule has 29 heavy (non-hydrogen) atoms. The highest BCUT2D eigenvalue weighted by Crippen LogP contribution is 2.44. The Bertz CT molecular complexity index is 1010. The molecule has 0 radical (unpaired) electrons. The van der Waals surface area contributed by atoms with Crippen LogP contribution in [0, 0.1) is 28.4 Å². The van der Waals surface area contributed by atoms with E-state index in [1.54, 1.807) is 0 Å². The SMILES string of the molecule is Cc1nn(C)c(C(=O)Nc2sc3c(c2C(N)=O)CC[C@H](C(C)(C)C)C3)c1[N+](=O)[O-]. The first kappa shape index (κ1) is 21.0. The number of nitrogens with one attached hydrogen (secondary N) is 1. The van der Waals surface area contributed by atoms with E-state index in [0.29, 0.717) is 22.9 Å². The first-order chi connectivity index (χ1) is 13.4. The minimum Gasteiger partial charge on any atom is -0.365 e. The number of hydrogen-bond donors (Lipinski definition) is 2. The normalized spacial score (nSPS) is 16.4. The molecule has 2 aromatic heterocycles. The lowest BCUT2D eigenvalue weighted by Crippen LogP contribution is -2.27. The van der Waals surface area contributed by atoms with E-state index < -0.39 is 16.7 Å². The maximum atomic E-state index is 12.9. The van der Waals surface area contributed by atoms with Crippen LogP contribution in [0.25, 0.3) is 0 Å². The van der Waals surface area contributed by atoms with Crippen LogP contribution in [-0.2, 0) is 19.9 Å². The monoisotopic (exact) mass is 419 g/mol. The maximum absolute atomic E-state index is 12.9. The first-order valence-corrected chi connectivity index (χ1v) is 10.2. The summed E-state index contributed by atoms with van der Waals surface area (Å²) in [5, 5.41) is 18.4. The molecule has 9 nitrogen and oxygen atoms in total. The fourth-order valence-corrected chi connectivity index (χ4v) is 5.28. The van der Waals surface area contributed by atoms with Crippen LogP contribution >= 0.6 is 11.3 Å². The van der Waals surface area contributed by atoms with Gasteiger partial charge in [-0.15, -0.1) is 11.3 Å². The van der Waals surface area contributed by atoms with Gasteiger partial charge in [-0.1, -0.05) is 20.8 Å². The summed E-state index contributed by atoms with van der Waals surface area (Å²) in [5.74, 6) is -0.838. The van der Waals surface area contributed by atoms with Crippen molar-refractivity contribution in [3.05, 3.63) is 37.5 Å². The molecule has 2 heterocycles. The van der Waals surface area contributed by atoms with Crippen molar-refractivity contribution in [3.63, 3.8) is 0 Å². The highest BCUT2D eigenvalue weighted by molar-refractivity contribution is 7.17. The van der Waals surface area contributed by atoms with E-state index in [9.17, 15) is 19.7 Å². The topological polar surface area (TPSA) is 133 Å². The number of rotatable bonds is 4. The lowest BCUT2D eigenvalue weighted by Gasteiger charge is -2.33. The minimum atomic E-state index is -0.687. The Morgan fingerprint density at radius 1 is 1.38 bits per heavy atom. The van der Waals surface area contributed by atoms with Gasteiger partial charge in [-0.2, -0.15) is 5.10 Å². The van der Waals surface area contributed by atoms with Crippen LogP contribution in [0.3, 0.4) is 0 Å². The van der Waals surface area contributed by atoms with Gasteiger partial charge in [-0.05, 0) is 43.1 Å². The number of amides is 2. The Hall–Kier alpha value is -2.75. The molecule has 0 spiro atoms. The number of anilines is 1. The van der Waals surface area contributed by atoms with Gasteiger partial charge >= 0.3 is 5.69 Å². The van der Waals surface area contributed by atoms with Crippen molar-refractivity contribution in [1.82, 2.24) is 9.78 Å². The van der Waals surface area contributed by atoms with Crippen LogP contribution < -0.4 is 11.1 Å². The van der Waals surface area contributed by atoms with Crippen molar-refractivity contribution < 1.29 is 14.5 Å². The number of nitrogens with two attached hydrogens (primary N) is 1. The molecular formula is C19H25N5O4S. The molecule has 3 N–H and O–H groups in total. The number of nitro groups is 1. The summed E-state index contributed by atoms with van der Waals surface area (Å²) in [6.45, 7) is 8.05. The van der Waals surface area contributed by atoms with Gasteiger partial charge in [0, 0.05) is 11.9 Å².